The quantitative estimate of drug-likeness (QED) is 0.241. The maximum atomic E-state index is 13.2. The number of rotatable bonds is 7. The maximum absolute atomic E-state index is 13.2. The van der Waals surface area contributed by atoms with Gasteiger partial charge in [0.25, 0.3) is 11.6 Å². The van der Waals surface area contributed by atoms with Gasteiger partial charge in [0.15, 0.2) is 0 Å². The Morgan fingerprint density at radius 3 is 2.38 bits per heavy atom. The fraction of sp³-hybridized carbons (Fsp3) is 0.130. The van der Waals surface area contributed by atoms with Gasteiger partial charge >= 0.3 is 6.18 Å². The van der Waals surface area contributed by atoms with Crippen LogP contribution in [0.1, 0.15) is 22.8 Å². The molecule has 3 aromatic carbocycles. The summed E-state index contributed by atoms with van der Waals surface area (Å²) in [6, 6.07) is 16.5. The van der Waals surface area contributed by atoms with E-state index in [0.717, 1.165) is 23.9 Å². The Balaban J connectivity index is 1.67. The van der Waals surface area contributed by atoms with Crippen LogP contribution in [0.3, 0.4) is 0 Å². The van der Waals surface area contributed by atoms with Gasteiger partial charge in [-0.3, -0.25) is 19.7 Å². The van der Waals surface area contributed by atoms with E-state index in [1.54, 1.807) is 31.2 Å². The van der Waals surface area contributed by atoms with Crippen LogP contribution in [0.15, 0.2) is 77.7 Å². The number of nitro groups is 1. The lowest BCUT2D eigenvalue weighted by atomic mass is 10.1. The molecule has 0 aliphatic rings. The minimum atomic E-state index is -4.61. The Labute approximate surface area is 196 Å². The lowest BCUT2D eigenvalue weighted by molar-refractivity contribution is -0.384. The monoisotopic (exact) mass is 489 g/mol. The van der Waals surface area contributed by atoms with Crippen LogP contribution in [0.4, 0.5) is 30.2 Å². The second-order valence-electron chi connectivity index (χ2n) is 7.08. The molecule has 0 aliphatic carbocycles. The van der Waals surface area contributed by atoms with E-state index < -0.39 is 33.7 Å². The molecule has 2 amide bonds. The molecule has 0 fully saturated rings. The number of thioether (sulfide) groups is 1. The third kappa shape index (κ3) is 6.35. The van der Waals surface area contributed by atoms with Gasteiger partial charge in [-0.05, 0) is 43.3 Å². The van der Waals surface area contributed by atoms with Gasteiger partial charge in [-0.1, -0.05) is 24.3 Å². The molecule has 0 heterocycles. The van der Waals surface area contributed by atoms with E-state index in [2.05, 4.69) is 10.6 Å². The molecule has 7 nitrogen and oxygen atoms in total. The Bertz CT molecular complexity index is 1230. The van der Waals surface area contributed by atoms with E-state index in [-0.39, 0.29) is 16.9 Å². The van der Waals surface area contributed by atoms with Crippen LogP contribution in [-0.4, -0.2) is 22.0 Å². The molecular formula is C23H18F3N3O4S. The molecule has 11 heteroatoms. The summed E-state index contributed by atoms with van der Waals surface area (Å²) in [5, 5.41) is 15.1. The van der Waals surface area contributed by atoms with Crippen molar-refractivity contribution in [3.63, 3.8) is 0 Å². The molecule has 0 aliphatic heterocycles. The van der Waals surface area contributed by atoms with Crippen molar-refractivity contribution in [3.8, 4) is 0 Å². The summed E-state index contributed by atoms with van der Waals surface area (Å²) in [4.78, 5) is 35.8. The highest BCUT2D eigenvalue weighted by Crippen LogP contribution is 2.35. The average molecular weight is 489 g/mol. The Morgan fingerprint density at radius 1 is 0.971 bits per heavy atom. The van der Waals surface area contributed by atoms with Crippen LogP contribution in [0.5, 0.6) is 0 Å². The third-order valence-electron chi connectivity index (χ3n) is 4.58. The molecule has 0 spiro atoms. The summed E-state index contributed by atoms with van der Waals surface area (Å²) in [6.45, 7) is 1.55. The van der Waals surface area contributed by atoms with E-state index in [1.807, 2.05) is 0 Å². The van der Waals surface area contributed by atoms with E-state index in [9.17, 15) is 32.9 Å². The van der Waals surface area contributed by atoms with Gasteiger partial charge in [-0.2, -0.15) is 13.2 Å². The summed E-state index contributed by atoms with van der Waals surface area (Å²) >= 11 is 1.09. The number of para-hydroxylation sites is 1. The molecule has 176 valence electrons. The highest BCUT2D eigenvalue weighted by atomic mass is 32.2. The second kappa shape index (κ2) is 10.4. The van der Waals surface area contributed by atoms with E-state index >= 15 is 0 Å². The van der Waals surface area contributed by atoms with Crippen LogP contribution in [0.25, 0.3) is 0 Å². The van der Waals surface area contributed by atoms with Gasteiger partial charge in [0.2, 0.25) is 5.91 Å². The smallest absolute Gasteiger partial charge is 0.325 e. The fourth-order valence-corrected chi connectivity index (χ4v) is 3.87. The molecular weight excluding hydrogens is 471 g/mol. The van der Waals surface area contributed by atoms with Gasteiger partial charge < -0.3 is 10.6 Å². The van der Waals surface area contributed by atoms with Gasteiger partial charge in [-0.25, -0.2) is 0 Å². The predicted molar refractivity (Wildman–Crippen MR) is 123 cm³/mol. The number of non-ortho nitro benzene ring substituents is 1. The molecule has 34 heavy (non-hydrogen) atoms. The van der Waals surface area contributed by atoms with Crippen molar-refractivity contribution >= 4 is 40.6 Å². The van der Waals surface area contributed by atoms with Gasteiger partial charge in [-0.15, -0.1) is 11.8 Å². The average Bonchev–Trinajstić information content (AvgIpc) is 2.79. The van der Waals surface area contributed by atoms with E-state index in [0.29, 0.717) is 10.6 Å². The first-order valence-corrected chi connectivity index (χ1v) is 10.7. The van der Waals surface area contributed by atoms with Crippen LogP contribution in [-0.2, 0) is 11.0 Å². The number of benzene rings is 3. The van der Waals surface area contributed by atoms with E-state index in [1.165, 1.54) is 36.4 Å². The number of anilines is 2. The van der Waals surface area contributed by atoms with E-state index in [4.69, 9.17) is 0 Å². The molecule has 1 unspecified atom stereocenters. The molecule has 2 N–H and O–H groups in total. The summed E-state index contributed by atoms with van der Waals surface area (Å²) in [5.74, 6) is -1.17. The summed E-state index contributed by atoms with van der Waals surface area (Å²) in [7, 11) is 0. The fourth-order valence-electron chi connectivity index (χ4n) is 2.94. The lowest BCUT2D eigenvalue weighted by Gasteiger charge is -2.16. The number of hydrogen-bond acceptors (Lipinski definition) is 5. The Hall–Kier alpha value is -3.86. The highest BCUT2D eigenvalue weighted by Gasteiger charge is 2.33. The second-order valence-corrected chi connectivity index (χ2v) is 8.50. The van der Waals surface area contributed by atoms with Crippen molar-refractivity contribution in [2.45, 2.75) is 23.2 Å². The first-order valence-electron chi connectivity index (χ1n) is 9.84. The third-order valence-corrected chi connectivity index (χ3v) is 5.68. The molecule has 3 aromatic rings. The zero-order chi connectivity index (χ0) is 24.9. The zero-order valence-corrected chi connectivity index (χ0v) is 18.4. The number of carbonyl (C=O) groups excluding carboxylic acids is 2. The van der Waals surface area contributed by atoms with Crippen LogP contribution in [0.2, 0.25) is 0 Å². The molecule has 0 radical (unpaired) electrons. The van der Waals surface area contributed by atoms with Crippen LogP contribution < -0.4 is 10.6 Å². The number of amides is 2. The number of nitrogens with zero attached hydrogens (tertiary/aromatic N) is 1. The number of halogens is 3. The molecule has 0 bridgehead atoms. The molecule has 3 rings (SSSR count). The minimum absolute atomic E-state index is 0.100. The first-order chi connectivity index (χ1) is 16.0. The molecule has 0 saturated heterocycles. The van der Waals surface area contributed by atoms with Crippen molar-refractivity contribution in [1.29, 1.82) is 0 Å². The van der Waals surface area contributed by atoms with Crippen molar-refractivity contribution in [2.24, 2.45) is 0 Å². The summed E-state index contributed by atoms with van der Waals surface area (Å²) < 4.78 is 39.5. The zero-order valence-electron chi connectivity index (χ0n) is 17.6. The molecule has 0 aromatic heterocycles. The number of hydrogen-bond donors (Lipinski definition) is 2. The normalized spacial score (nSPS) is 12.0. The van der Waals surface area contributed by atoms with Crippen molar-refractivity contribution in [3.05, 3.63) is 94.0 Å². The predicted octanol–water partition coefficient (Wildman–Crippen LogP) is 5.99. The van der Waals surface area contributed by atoms with Crippen molar-refractivity contribution in [1.82, 2.24) is 0 Å². The topological polar surface area (TPSA) is 101 Å². The van der Waals surface area contributed by atoms with Crippen LogP contribution >= 0.6 is 11.8 Å². The lowest BCUT2D eigenvalue weighted by Crippen LogP contribution is -2.24. The highest BCUT2D eigenvalue weighted by molar-refractivity contribution is 8.00. The van der Waals surface area contributed by atoms with Gasteiger partial charge in [0, 0.05) is 28.3 Å². The van der Waals surface area contributed by atoms with Crippen molar-refractivity contribution in [2.75, 3.05) is 10.6 Å². The SMILES string of the molecule is CC(Sc1cccc(NC(=O)c2cccc([N+](=O)[O-])c2)c1)C(=O)Nc1ccccc1C(F)(F)F. The minimum Gasteiger partial charge on any atom is -0.325 e. The Kier molecular flexibility index (Phi) is 7.57. The molecule has 0 saturated carbocycles. The number of carbonyl (C=O) groups is 2. The summed E-state index contributed by atoms with van der Waals surface area (Å²) in [6.07, 6.45) is -4.61. The number of nitrogens with one attached hydrogen (secondary N) is 2. The molecule has 1 atom stereocenters. The maximum Gasteiger partial charge on any atom is 0.418 e. The Morgan fingerprint density at radius 2 is 1.68 bits per heavy atom. The summed E-state index contributed by atoms with van der Waals surface area (Å²) in [5.41, 5.74) is -0.999. The van der Waals surface area contributed by atoms with Gasteiger partial charge in [0.05, 0.1) is 21.4 Å². The first kappa shape index (κ1) is 24.8. The standard InChI is InChI=1S/C23H18F3N3O4S/c1-14(21(30)28-20-11-3-2-10-19(20)23(24,25)26)34-18-9-5-7-16(13-18)27-22(31)15-6-4-8-17(12-15)29(32)33/h2-14H,1H3,(H,27,31)(H,28,30). The van der Waals surface area contributed by atoms with Crippen LogP contribution in [0, 0.1) is 10.1 Å². The number of alkyl halides is 3. The number of nitro benzene ring substituents is 1. The van der Waals surface area contributed by atoms with Gasteiger partial charge in [0.1, 0.15) is 0 Å². The van der Waals surface area contributed by atoms with Crippen molar-refractivity contribution < 1.29 is 27.7 Å². The largest absolute Gasteiger partial charge is 0.418 e.